The molecule has 0 amide bonds. The van der Waals surface area contributed by atoms with Crippen molar-refractivity contribution < 1.29 is 19.4 Å². The number of anilines is 1. The quantitative estimate of drug-likeness (QED) is 0.879. The monoisotopic (exact) mass is 311 g/mol. The van der Waals surface area contributed by atoms with E-state index in [2.05, 4.69) is 4.90 Å². The zero-order chi connectivity index (χ0) is 16.2. The number of ether oxygens (including phenoxy) is 1. The molecule has 2 aromatic rings. The summed E-state index contributed by atoms with van der Waals surface area (Å²) in [6.07, 6.45) is 0. The second kappa shape index (κ2) is 6.62. The Morgan fingerprint density at radius 3 is 2.17 bits per heavy atom. The average molecular weight is 311 g/mol. The fourth-order valence-electron chi connectivity index (χ4n) is 2.67. The topological polar surface area (TPSA) is 66.8 Å². The van der Waals surface area contributed by atoms with Crippen LogP contribution in [-0.4, -0.2) is 43.2 Å². The van der Waals surface area contributed by atoms with Gasteiger partial charge in [0.05, 0.1) is 18.8 Å². The third kappa shape index (κ3) is 3.24. The van der Waals surface area contributed by atoms with Crippen LogP contribution in [0.15, 0.2) is 48.5 Å². The van der Waals surface area contributed by atoms with Crippen LogP contribution in [-0.2, 0) is 4.74 Å². The number of para-hydroxylation sites is 1. The van der Waals surface area contributed by atoms with E-state index in [-0.39, 0.29) is 11.3 Å². The lowest BCUT2D eigenvalue weighted by molar-refractivity contribution is 0.0696. The van der Waals surface area contributed by atoms with Crippen LogP contribution in [0.5, 0.6) is 0 Å². The maximum absolute atomic E-state index is 12.8. The Hall–Kier alpha value is -2.66. The molecule has 3 rings (SSSR count). The van der Waals surface area contributed by atoms with Gasteiger partial charge in [-0.25, -0.2) is 4.79 Å². The van der Waals surface area contributed by atoms with Gasteiger partial charge in [0.25, 0.3) is 0 Å². The molecule has 1 aliphatic heterocycles. The van der Waals surface area contributed by atoms with Crippen molar-refractivity contribution in [1.29, 1.82) is 0 Å². The summed E-state index contributed by atoms with van der Waals surface area (Å²) in [4.78, 5) is 25.8. The van der Waals surface area contributed by atoms with Crippen LogP contribution < -0.4 is 4.90 Å². The molecule has 1 N–H and O–H groups in total. The van der Waals surface area contributed by atoms with Crippen LogP contribution in [0, 0.1) is 0 Å². The molecule has 0 unspecified atom stereocenters. The van der Waals surface area contributed by atoms with Gasteiger partial charge < -0.3 is 14.7 Å². The number of ketones is 1. The molecule has 2 aromatic carbocycles. The van der Waals surface area contributed by atoms with Crippen molar-refractivity contribution in [3.8, 4) is 0 Å². The number of morpholine rings is 1. The molecule has 5 nitrogen and oxygen atoms in total. The minimum absolute atomic E-state index is 0.107. The van der Waals surface area contributed by atoms with E-state index in [1.165, 1.54) is 12.1 Å². The van der Waals surface area contributed by atoms with Crippen LogP contribution in [0.1, 0.15) is 26.3 Å². The van der Waals surface area contributed by atoms with Crippen molar-refractivity contribution in [2.45, 2.75) is 0 Å². The van der Waals surface area contributed by atoms with E-state index in [1.54, 1.807) is 18.2 Å². The molecule has 0 bridgehead atoms. The van der Waals surface area contributed by atoms with E-state index in [9.17, 15) is 9.59 Å². The summed E-state index contributed by atoms with van der Waals surface area (Å²) < 4.78 is 5.36. The number of hydrogen-bond acceptors (Lipinski definition) is 4. The van der Waals surface area contributed by atoms with E-state index in [4.69, 9.17) is 9.84 Å². The molecule has 1 fully saturated rings. The van der Waals surface area contributed by atoms with E-state index in [1.807, 2.05) is 18.2 Å². The lowest BCUT2D eigenvalue weighted by atomic mass is 10.00. The molecule has 0 radical (unpaired) electrons. The zero-order valence-corrected chi connectivity index (χ0v) is 12.6. The van der Waals surface area contributed by atoms with Crippen LogP contribution in [0.3, 0.4) is 0 Å². The van der Waals surface area contributed by atoms with Crippen molar-refractivity contribution in [2.24, 2.45) is 0 Å². The Bertz CT molecular complexity index is 718. The first-order chi connectivity index (χ1) is 11.2. The van der Waals surface area contributed by atoms with Crippen molar-refractivity contribution in [3.05, 3.63) is 65.2 Å². The number of carbonyl (C=O) groups is 2. The highest BCUT2D eigenvalue weighted by atomic mass is 16.5. The van der Waals surface area contributed by atoms with Crippen LogP contribution >= 0.6 is 0 Å². The van der Waals surface area contributed by atoms with E-state index in [0.29, 0.717) is 24.3 Å². The van der Waals surface area contributed by atoms with E-state index < -0.39 is 5.97 Å². The summed E-state index contributed by atoms with van der Waals surface area (Å²) >= 11 is 0. The minimum Gasteiger partial charge on any atom is -0.478 e. The maximum Gasteiger partial charge on any atom is 0.335 e. The Morgan fingerprint density at radius 1 is 0.913 bits per heavy atom. The summed E-state index contributed by atoms with van der Waals surface area (Å²) in [6, 6.07) is 13.5. The third-order valence-corrected chi connectivity index (χ3v) is 3.89. The first kappa shape index (κ1) is 15.2. The van der Waals surface area contributed by atoms with Gasteiger partial charge in [-0.3, -0.25) is 4.79 Å². The predicted molar refractivity (Wildman–Crippen MR) is 86.3 cm³/mol. The summed E-state index contributed by atoms with van der Waals surface area (Å²) in [6.45, 7) is 2.80. The lowest BCUT2D eigenvalue weighted by Gasteiger charge is -2.30. The molecule has 118 valence electrons. The SMILES string of the molecule is O=C(O)c1ccc(C(=O)c2ccccc2N2CCOCC2)cc1. The number of hydrogen-bond donors (Lipinski definition) is 1. The smallest absolute Gasteiger partial charge is 0.335 e. The second-order valence-electron chi connectivity index (χ2n) is 5.33. The number of benzene rings is 2. The third-order valence-electron chi connectivity index (χ3n) is 3.89. The first-order valence-electron chi connectivity index (χ1n) is 7.46. The molecule has 0 saturated carbocycles. The molecule has 23 heavy (non-hydrogen) atoms. The molecule has 1 saturated heterocycles. The summed E-state index contributed by atoms with van der Waals surface area (Å²) in [7, 11) is 0. The number of rotatable bonds is 4. The summed E-state index contributed by atoms with van der Waals surface area (Å²) in [5.41, 5.74) is 2.17. The molecular weight excluding hydrogens is 294 g/mol. The van der Waals surface area contributed by atoms with Gasteiger partial charge in [0.15, 0.2) is 5.78 Å². The second-order valence-corrected chi connectivity index (χ2v) is 5.33. The number of nitrogens with zero attached hydrogens (tertiary/aromatic N) is 1. The highest BCUT2D eigenvalue weighted by Crippen LogP contribution is 2.24. The Kier molecular flexibility index (Phi) is 4.39. The fourth-order valence-corrected chi connectivity index (χ4v) is 2.67. The van der Waals surface area contributed by atoms with Gasteiger partial charge in [-0.2, -0.15) is 0 Å². The molecular formula is C18H17NO4. The van der Waals surface area contributed by atoms with Gasteiger partial charge in [0.1, 0.15) is 0 Å². The molecule has 0 atom stereocenters. The van der Waals surface area contributed by atoms with Crippen molar-refractivity contribution >= 4 is 17.4 Å². The van der Waals surface area contributed by atoms with Crippen molar-refractivity contribution in [3.63, 3.8) is 0 Å². The van der Waals surface area contributed by atoms with Gasteiger partial charge >= 0.3 is 5.97 Å². The van der Waals surface area contributed by atoms with Crippen LogP contribution in [0.25, 0.3) is 0 Å². The van der Waals surface area contributed by atoms with Gasteiger partial charge in [-0.15, -0.1) is 0 Å². The minimum atomic E-state index is -1.00. The Labute approximate surface area is 134 Å². The number of aromatic carboxylic acids is 1. The molecule has 1 heterocycles. The average Bonchev–Trinajstić information content (AvgIpc) is 2.62. The normalized spacial score (nSPS) is 14.5. The first-order valence-corrected chi connectivity index (χ1v) is 7.46. The highest BCUT2D eigenvalue weighted by molar-refractivity contribution is 6.12. The molecule has 5 heteroatoms. The van der Waals surface area contributed by atoms with Crippen LogP contribution in [0.2, 0.25) is 0 Å². The largest absolute Gasteiger partial charge is 0.478 e. The maximum atomic E-state index is 12.8. The standard InChI is InChI=1S/C18H17NO4/c20-17(13-5-7-14(8-6-13)18(21)22)15-3-1-2-4-16(15)19-9-11-23-12-10-19/h1-8H,9-12H2,(H,21,22). The Balaban J connectivity index is 1.91. The summed E-state index contributed by atoms with van der Waals surface area (Å²) in [5.74, 6) is -1.11. The van der Waals surface area contributed by atoms with Gasteiger partial charge in [-0.1, -0.05) is 24.3 Å². The van der Waals surface area contributed by atoms with Crippen molar-refractivity contribution in [2.75, 3.05) is 31.2 Å². The molecule has 0 aliphatic carbocycles. The molecule has 0 aromatic heterocycles. The molecule has 1 aliphatic rings. The van der Waals surface area contributed by atoms with Gasteiger partial charge in [0, 0.05) is 29.9 Å². The lowest BCUT2D eigenvalue weighted by Crippen LogP contribution is -2.37. The van der Waals surface area contributed by atoms with Gasteiger partial charge in [0.2, 0.25) is 0 Å². The number of carboxylic acids is 1. The number of carboxylic acid groups (broad SMARTS) is 1. The summed E-state index contributed by atoms with van der Waals surface area (Å²) in [5, 5.41) is 8.94. The predicted octanol–water partition coefficient (Wildman–Crippen LogP) is 2.45. The van der Waals surface area contributed by atoms with Crippen LogP contribution in [0.4, 0.5) is 5.69 Å². The van der Waals surface area contributed by atoms with E-state index >= 15 is 0 Å². The number of carbonyl (C=O) groups excluding carboxylic acids is 1. The highest BCUT2D eigenvalue weighted by Gasteiger charge is 2.19. The Morgan fingerprint density at radius 2 is 1.52 bits per heavy atom. The van der Waals surface area contributed by atoms with E-state index in [0.717, 1.165) is 18.8 Å². The zero-order valence-electron chi connectivity index (χ0n) is 12.6. The van der Waals surface area contributed by atoms with Gasteiger partial charge in [-0.05, 0) is 24.3 Å². The molecule has 0 spiro atoms. The van der Waals surface area contributed by atoms with Crippen molar-refractivity contribution in [1.82, 2.24) is 0 Å². The fraction of sp³-hybridized carbons (Fsp3) is 0.222.